The first kappa shape index (κ1) is 22.2. The highest BCUT2D eigenvalue weighted by atomic mass is 35.5. The maximum Gasteiger partial charge on any atom is 0.312 e. The highest BCUT2D eigenvalue weighted by molar-refractivity contribution is 6.31. The van der Waals surface area contributed by atoms with Crippen molar-refractivity contribution in [1.29, 1.82) is 0 Å². The first-order valence-electron chi connectivity index (χ1n) is 9.18. The number of nitrogens with two attached hydrogens (primary N) is 1. The van der Waals surface area contributed by atoms with E-state index in [0.717, 1.165) is 5.56 Å². The fourth-order valence-corrected chi connectivity index (χ4v) is 3.07. The summed E-state index contributed by atoms with van der Waals surface area (Å²) in [5.74, 6) is -0.949. The van der Waals surface area contributed by atoms with E-state index < -0.39 is 18.0 Å². The number of carbonyl (C=O) groups is 3. The van der Waals surface area contributed by atoms with Crippen LogP contribution in [0, 0.1) is 0 Å². The van der Waals surface area contributed by atoms with E-state index in [2.05, 4.69) is 5.32 Å². The second-order valence-electron chi connectivity index (χ2n) is 6.34. The number of carbonyl (C=O) groups excluding carboxylic acids is 3. The number of benzene rings is 2. The van der Waals surface area contributed by atoms with Gasteiger partial charge in [-0.1, -0.05) is 60.1 Å². The van der Waals surface area contributed by atoms with Crippen molar-refractivity contribution in [3.63, 3.8) is 0 Å². The third kappa shape index (κ3) is 7.12. The quantitative estimate of drug-likeness (QED) is 0.612. The number of hydrogen-bond acceptors (Lipinski definition) is 4. The van der Waals surface area contributed by atoms with Crippen LogP contribution < -0.4 is 11.1 Å². The van der Waals surface area contributed by atoms with Crippen molar-refractivity contribution in [3.05, 3.63) is 70.7 Å². The summed E-state index contributed by atoms with van der Waals surface area (Å²) in [5, 5.41) is 2.86. The molecule has 0 spiro atoms. The molecule has 7 nitrogen and oxygen atoms in total. The smallest absolute Gasteiger partial charge is 0.312 e. The normalized spacial score (nSPS) is 11.4. The summed E-state index contributed by atoms with van der Waals surface area (Å²) in [4.78, 5) is 37.6. The fourth-order valence-electron chi connectivity index (χ4n) is 2.81. The van der Waals surface area contributed by atoms with E-state index in [1.165, 1.54) is 0 Å². The minimum Gasteiger partial charge on any atom is -0.455 e. The second kappa shape index (κ2) is 11.1. The molecular formula is C21H24ClN3O4. The Morgan fingerprint density at radius 3 is 2.38 bits per heavy atom. The number of esters is 1. The van der Waals surface area contributed by atoms with Crippen LogP contribution in [0.4, 0.5) is 4.79 Å². The number of halogens is 1. The van der Waals surface area contributed by atoms with Gasteiger partial charge in [-0.05, 0) is 24.1 Å². The molecule has 0 aromatic heterocycles. The first-order valence-corrected chi connectivity index (χ1v) is 9.56. The summed E-state index contributed by atoms with van der Waals surface area (Å²) in [5.41, 5.74) is 6.73. The molecule has 1 unspecified atom stereocenters. The maximum absolute atomic E-state index is 12.4. The molecule has 0 fully saturated rings. The minimum absolute atomic E-state index is 0.204. The minimum atomic E-state index is -0.793. The molecule has 0 aliphatic carbocycles. The van der Waals surface area contributed by atoms with Gasteiger partial charge in [-0.2, -0.15) is 0 Å². The number of urea groups is 1. The largest absolute Gasteiger partial charge is 0.455 e. The lowest BCUT2D eigenvalue weighted by molar-refractivity contribution is -0.152. The second-order valence-corrected chi connectivity index (χ2v) is 6.75. The highest BCUT2D eigenvalue weighted by Crippen LogP contribution is 2.25. The number of rotatable bonds is 9. The van der Waals surface area contributed by atoms with Gasteiger partial charge in [0.05, 0.1) is 12.5 Å². The van der Waals surface area contributed by atoms with Gasteiger partial charge in [0.1, 0.15) is 0 Å². The first-order chi connectivity index (χ1) is 13.9. The molecule has 0 saturated carbocycles. The average molecular weight is 418 g/mol. The van der Waals surface area contributed by atoms with E-state index in [0.29, 0.717) is 23.7 Å². The van der Waals surface area contributed by atoms with Crippen LogP contribution in [0.25, 0.3) is 0 Å². The number of likely N-dealkylation sites (N-methyl/N-ethyl adjacent to an activating group) is 1. The molecule has 1 atom stereocenters. The number of nitrogens with one attached hydrogen (secondary N) is 1. The fraction of sp³-hybridized carbons (Fsp3) is 0.286. The highest BCUT2D eigenvalue weighted by Gasteiger charge is 2.22. The zero-order valence-corrected chi connectivity index (χ0v) is 16.9. The summed E-state index contributed by atoms with van der Waals surface area (Å²) in [7, 11) is 0. The van der Waals surface area contributed by atoms with Gasteiger partial charge < -0.3 is 20.7 Å². The van der Waals surface area contributed by atoms with Gasteiger partial charge in [0.25, 0.3) is 5.91 Å². The Hall–Kier alpha value is -3.06. The van der Waals surface area contributed by atoms with Gasteiger partial charge in [-0.3, -0.25) is 9.59 Å². The van der Waals surface area contributed by atoms with Gasteiger partial charge in [-0.15, -0.1) is 0 Å². The number of nitrogens with zero attached hydrogens (tertiary/aromatic N) is 1. The average Bonchev–Trinajstić information content (AvgIpc) is 2.70. The van der Waals surface area contributed by atoms with Crippen molar-refractivity contribution in [3.8, 4) is 0 Å². The zero-order chi connectivity index (χ0) is 21.2. The van der Waals surface area contributed by atoms with Crippen LogP contribution in [-0.4, -0.2) is 36.0 Å². The van der Waals surface area contributed by atoms with Crippen molar-refractivity contribution in [1.82, 2.24) is 10.2 Å². The topological polar surface area (TPSA) is 102 Å². The molecular weight excluding hydrogens is 394 g/mol. The Morgan fingerprint density at radius 1 is 1.10 bits per heavy atom. The van der Waals surface area contributed by atoms with E-state index in [4.69, 9.17) is 22.1 Å². The monoisotopic (exact) mass is 417 g/mol. The molecule has 0 aliphatic rings. The van der Waals surface area contributed by atoms with Gasteiger partial charge in [0.15, 0.2) is 6.61 Å². The van der Waals surface area contributed by atoms with Crippen molar-refractivity contribution >= 4 is 29.5 Å². The Bertz CT molecular complexity index is 845. The van der Waals surface area contributed by atoms with Crippen molar-refractivity contribution in [2.24, 2.45) is 5.73 Å². The Morgan fingerprint density at radius 2 is 1.76 bits per heavy atom. The molecule has 8 heteroatoms. The molecule has 0 heterocycles. The van der Waals surface area contributed by atoms with Gasteiger partial charge in [0, 0.05) is 18.1 Å². The molecule has 3 N–H and O–H groups in total. The lowest BCUT2D eigenvalue weighted by atomic mass is 10.0. The number of ether oxygens (including phenoxy) is 1. The molecule has 0 radical (unpaired) electrons. The summed E-state index contributed by atoms with van der Waals surface area (Å²) in [6.07, 6.45) is -0.204. The van der Waals surface area contributed by atoms with E-state index in [1.54, 1.807) is 29.2 Å². The number of primary amides is 1. The maximum atomic E-state index is 12.4. The van der Waals surface area contributed by atoms with Crippen LogP contribution in [0.5, 0.6) is 0 Å². The summed E-state index contributed by atoms with van der Waals surface area (Å²) < 4.78 is 5.13. The number of amides is 3. The van der Waals surface area contributed by atoms with Crippen LogP contribution in [0.2, 0.25) is 5.02 Å². The molecule has 0 saturated heterocycles. The summed E-state index contributed by atoms with van der Waals surface area (Å²) >= 11 is 6.15. The lowest BCUT2D eigenvalue weighted by Crippen LogP contribution is -2.36. The van der Waals surface area contributed by atoms with Gasteiger partial charge in [0.2, 0.25) is 0 Å². The van der Waals surface area contributed by atoms with E-state index in [1.807, 2.05) is 37.3 Å². The van der Waals surface area contributed by atoms with Crippen LogP contribution in [0.3, 0.4) is 0 Å². The van der Waals surface area contributed by atoms with Crippen LogP contribution in [-0.2, 0) is 20.9 Å². The molecule has 0 bridgehead atoms. The molecule has 154 valence electrons. The molecule has 2 aromatic carbocycles. The van der Waals surface area contributed by atoms with Crippen LogP contribution in [0.1, 0.15) is 30.5 Å². The molecule has 29 heavy (non-hydrogen) atoms. The Balaban J connectivity index is 1.94. The molecule has 3 amide bonds. The van der Waals surface area contributed by atoms with E-state index in [9.17, 15) is 14.4 Å². The van der Waals surface area contributed by atoms with Crippen LogP contribution >= 0.6 is 11.6 Å². The van der Waals surface area contributed by atoms with Gasteiger partial charge >= 0.3 is 12.0 Å². The molecule has 2 aromatic rings. The van der Waals surface area contributed by atoms with Crippen molar-refractivity contribution in [2.45, 2.75) is 25.9 Å². The summed E-state index contributed by atoms with van der Waals surface area (Å²) in [6, 6.07) is 14.8. The van der Waals surface area contributed by atoms with Crippen molar-refractivity contribution < 1.29 is 19.1 Å². The number of hydrogen-bond donors (Lipinski definition) is 2. The predicted molar refractivity (Wildman–Crippen MR) is 110 cm³/mol. The van der Waals surface area contributed by atoms with Crippen molar-refractivity contribution in [2.75, 3.05) is 13.2 Å². The van der Waals surface area contributed by atoms with E-state index in [-0.39, 0.29) is 18.9 Å². The van der Waals surface area contributed by atoms with Crippen LogP contribution in [0.15, 0.2) is 54.6 Å². The Labute approximate surface area is 174 Å². The third-order valence-electron chi connectivity index (χ3n) is 4.28. The molecule has 0 aliphatic heterocycles. The summed E-state index contributed by atoms with van der Waals surface area (Å²) in [6.45, 7) is 2.38. The predicted octanol–water partition coefficient (Wildman–Crippen LogP) is 3.03. The molecule has 2 rings (SSSR count). The standard InChI is InChI=1S/C21H24ClN3O4/c1-2-25(13-15-8-4-3-5-9-15)19(26)14-29-20(27)12-18(24-21(23)28)16-10-6-7-11-17(16)22/h3-11,18H,2,12-14H2,1H3,(H3,23,24,28). The lowest BCUT2D eigenvalue weighted by Gasteiger charge is -2.22. The zero-order valence-electron chi connectivity index (χ0n) is 16.1. The third-order valence-corrected chi connectivity index (χ3v) is 4.62. The van der Waals surface area contributed by atoms with E-state index >= 15 is 0 Å². The SMILES string of the molecule is CCN(Cc1ccccc1)C(=O)COC(=O)CC(NC(N)=O)c1ccccc1Cl. The van der Waals surface area contributed by atoms with Gasteiger partial charge in [-0.25, -0.2) is 4.79 Å². The Kier molecular flexibility index (Phi) is 8.48.